The van der Waals surface area contributed by atoms with E-state index in [2.05, 4.69) is 0 Å². The molecule has 1 saturated heterocycles. The molecule has 0 bridgehead atoms. The Morgan fingerprint density at radius 2 is 1.79 bits per heavy atom. The predicted molar refractivity (Wildman–Crippen MR) is 107 cm³/mol. The second-order valence-electron chi connectivity index (χ2n) is 7.04. The summed E-state index contributed by atoms with van der Waals surface area (Å²) < 4.78 is 11.4. The van der Waals surface area contributed by atoms with Crippen LogP contribution in [0.1, 0.15) is 22.8 Å². The van der Waals surface area contributed by atoms with Crippen molar-refractivity contribution in [1.82, 2.24) is 4.90 Å². The number of rotatable bonds is 4. The van der Waals surface area contributed by atoms with Crippen molar-refractivity contribution in [2.24, 2.45) is 0 Å². The van der Waals surface area contributed by atoms with Gasteiger partial charge in [-0.1, -0.05) is 30.3 Å². The van der Waals surface area contributed by atoms with Crippen molar-refractivity contribution in [2.45, 2.75) is 13.5 Å². The number of fused-ring (bicyclic) bond motifs is 1. The first-order valence-corrected chi connectivity index (χ1v) is 9.38. The van der Waals surface area contributed by atoms with E-state index in [0.717, 1.165) is 0 Å². The smallest absolute Gasteiger partial charge is 0.197 e. The third-order valence-electron chi connectivity index (χ3n) is 5.11. The van der Waals surface area contributed by atoms with Gasteiger partial charge in [-0.2, -0.15) is 0 Å². The van der Waals surface area contributed by atoms with E-state index in [-0.39, 0.29) is 28.8 Å². The summed E-state index contributed by atoms with van der Waals surface area (Å²) in [5, 5.41) is 21.3. The maximum Gasteiger partial charge on any atom is 0.197 e. The summed E-state index contributed by atoms with van der Waals surface area (Å²) in [7, 11) is 0. The minimum absolute atomic E-state index is 0.0860. The number of aromatic hydroxyl groups is 2. The fourth-order valence-electron chi connectivity index (χ4n) is 3.63. The molecule has 0 atom stereocenters. The first-order valence-electron chi connectivity index (χ1n) is 9.38. The van der Waals surface area contributed by atoms with Gasteiger partial charge in [-0.3, -0.25) is 14.5 Å². The Morgan fingerprint density at radius 1 is 1.10 bits per heavy atom. The first-order chi connectivity index (χ1) is 14.0. The van der Waals surface area contributed by atoms with E-state index in [4.69, 9.17) is 9.15 Å². The highest BCUT2D eigenvalue weighted by atomic mass is 16.5. The van der Waals surface area contributed by atoms with Crippen molar-refractivity contribution < 1.29 is 24.2 Å². The standard InChI is InChI=1S/C22H21NO6/c1-13(24)18-20(26)15(12-23-7-9-28-10-8-23)22-19(21(18)27)16(25)11-17(29-22)14-5-3-2-4-6-14/h2-6,11,26-27H,7-10,12H2,1H3. The average molecular weight is 395 g/mol. The van der Waals surface area contributed by atoms with Crippen LogP contribution in [-0.2, 0) is 11.3 Å². The number of benzene rings is 2. The summed E-state index contributed by atoms with van der Waals surface area (Å²) in [5.41, 5.74) is 0.343. The van der Waals surface area contributed by atoms with Crippen LogP contribution < -0.4 is 5.43 Å². The fraction of sp³-hybridized carbons (Fsp3) is 0.273. The fourth-order valence-corrected chi connectivity index (χ4v) is 3.63. The number of ether oxygens (including phenoxy) is 1. The Balaban J connectivity index is 1.99. The molecular weight excluding hydrogens is 374 g/mol. The maximum atomic E-state index is 12.9. The molecule has 29 heavy (non-hydrogen) atoms. The Labute approximate surface area is 166 Å². The number of phenolic OH excluding ortho intramolecular Hbond substituents is 2. The Morgan fingerprint density at radius 3 is 2.45 bits per heavy atom. The molecule has 1 fully saturated rings. The van der Waals surface area contributed by atoms with E-state index in [9.17, 15) is 19.8 Å². The molecule has 3 aromatic rings. The quantitative estimate of drug-likeness (QED) is 0.655. The number of carbonyl (C=O) groups is 1. The Bertz CT molecular complexity index is 1130. The van der Waals surface area contributed by atoms with Crippen LogP contribution in [0, 0.1) is 0 Å². The van der Waals surface area contributed by atoms with E-state index < -0.39 is 17.0 Å². The number of hydrogen-bond donors (Lipinski definition) is 2. The monoisotopic (exact) mass is 395 g/mol. The maximum absolute atomic E-state index is 12.9. The molecule has 2 aromatic carbocycles. The number of Topliss-reactive ketones (excluding diaryl/α,β-unsaturated/α-hetero) is 1. The van der Waals surface area contributed by atoms with Gasteiger partial charge >= 0.3 is 0 Å². The summed E-state index contributed by atoms with van der Waals surface area (Å²) in [4.78, 5) is 27.0. The number of ketones is 1. The molecule has 2 N–H and O–H groups in total. The van der Waals surface area contributed by atoms with Gasteiger partial charge < -0.3 is 19.4 Å². The minimum atomic E-state index is -0.552. The number of nitrogens with zero attached hydrogens (tertiary/aromatic N) is 1. The highest BCUT2D eigenvalue weighted by molar-refractivity contribution is 6.06. The second-order valence-corrected chi connectivity index (χ2v) is 7.04. The lowest BCUT2D eigenvalue weighted by Gasteiger charge is -2.27. The van der Waals surface area contributed by atoms with Gasteiger partial charge in [0.05, 0.1) is 18.8 Å². The van der Waals surface area contributed by atoms with Crippen molar-refractivity contribution in [3.63, 3.8) is 0 Å². The van der Waals surface area contributed by atoms with Gasteiger partial charge in [-0.05, 0) is 6.92 Å². The van der Waals surface area contributed by atoms with Gasteiger partial charge in [0, 0.05) is 31.3 Å². The van der Waals surface area contributed by atoms with Crippen LogP contribution in [0.5, 0.6) is 11.5 Å². The molecule has 7 heteroatoms. The van der Waals surface area contributed by atoms with Crippen LogP contribution in [0.15, 0.2) is 45.6 Å². The van der Waals surface area contributed by atoms with Gasteiger partial charge in [0.2, 0.25) is 0 Å². The van der Waals surface area contributed by atoms with Crippen LogP contribution in [0.3, 0.4) is 0 Å². The summed E-state index contributed by atoms with van der Waals surface area (Å²) in [6.45, 7) is 3.87. The molecule has 2 heterocycles. The normalized spacial score (nSPS) is 14.9. The van der Waals surface area contributed by atoms with E-state index in [1.54, 1.807) is 12.1 Å². The van der Waals surface area contributed by atoms with Crippen molar-refractivity contribution in [3.05, 3.63) is 57.7 Å². The highest BCUT2D eigenvalue weighted by Gasteiger charge is 2.27. The molecule has 1 aliphatic heterocycles. The number of morpholine rings is 1. The molecule has 0 radical (unpaired) electrons. The molecular formula is C22H21NO6. The van der Waals surface area contributed by atoms with Gasteiger partial charge in [-0.15, -0.1) is 0 Å². The van der Waals surface area contributed by atoms with E-state index >= 15 is 0 Å². The number of hydrogen-bond acceptors (Lipinski definition) is 7. The molecule has 0 amide bonds. The lowest BCUT2D eigenvalue weighted by molar-refractivity contribution is 0.0339. The summed E-state index contributed by atoms with van der Waals surface area (Å²) in [6.07, 6.45) is 0. The zero-order valence-corrected chi connectivity index (χ0v) is 16.0. The minimum Gasteiger partial charge on any atom is -0.507 e. The van der Waals surface area contributed by atoms with Crippen LogP contribution >= 0.6 is 0 Å². The van der Waals surface area contributed by atoms with Crippen molar-refractivity contribution in [3.8, 4) is 22.8 Å². The Hall–Kier alpha value is -3.16. The second kappa shape index (κ2) is 7.69. The van der Waals surface area contributed by atoms with Crippen molar-refractivity contribution >= 4 is 16.8 Å². The summed E-state index contributed by atoms with van der Waals surface area (Å²) in [6, 6.07) is 10.4. The van der Waals surface area contributed by atoms with E-state index in [1.165, 1.54) is 13.0 Å². The first kappa shape index (κ1) is 19.2. The van der Waals surface area contributed by atoms with Crippen LogP contribution in [0.4, 0.5) is 0 Å². The average Bonchev–Trinajstić information content (AvgIpc) is 2.71. The lowest BCUT2D eigenvalue weighted by Crippen LogP contribution is -2.35. The van der Waals surface area contributed by atoms with E-state index in [0.29, 0.717) is 43.2 Å². The molecule has 4 rings (SSSR count). The summed E-state index contributed by atoms with van der Waals surface area (Å²) >= 11 is 0. The van der Waals surface area contributed by atoms with Crippen molar-refractivity contribution in [1.29, 1.82) is 0 Å². The largest absolute Gasteiger partial charge is 0.507 e. The molecule has 0 spiro atoms. The molecule has 0 aliphatic carbocycles. The zero-order valence-electron chi connectivity index (χ0n) is 16.0. The molecule has 0 unspecified atom stereocenters. The van der Waals surface area contributed by atoms with Crippen LogP contribution in [0.2, 0.25) is 0 Å². The van der Waals surface area contributed by atoms with Gasteiger partial charge in [0.1, 0.15) is 28.2 Å². The topological polar surface area (TPSA) is 100 Å². The van der Waals surface area contributed by atoms with Crippen LogP contribution in [-0.4, -0.2) is 47.2 Å². The highest BCUT2D eigenvalue weighted by Crippen LogP contribution is 2.40. The van der Waals surface area contributed by atoms with Crippen molar-refractivity contribution in [2.75, 3.05) is 26.3 Å². The lowest BCUT2D eigenvalue weighted by atomic mass is 9.98. The van der Waals surface area contributed by atoms with Gasteiger partial charge in [0.25, 0.3) is 0 Å². The predicted octanol–water partition coefficient (Wildman–Crippen LogP) is 2.91. The molecule has 1 aromatic heterocycles. The van der Waals surface area contributed by atoms with E-state index in [1.807, 2.05) is 23.1 Å². The molecule has 0 saturated carbocycles. The molecule has 1 aliphatic rings. The number of phenols is 2. The third kappa shape index (κ3) is 3.50. The van der Waals surface area contributed by atoms with Crippen LogP contribution in [0.25, 0.3) is 22.3 Å². The van der Waals surface area contributed by atoms with Gasteiger partial charge in [-0.25, -0.2) is 0 Å². The third-order valence-corrected chi connectivity index (χ3v) is 5.11. The zero-order chi connectivity index (χ0) is 20.5. The Kier molecular flexibility index (Phi) is 5.08. The SMILES string of the molecule is CC(=O)c1c(O)c(CN2CCOCC2)c2oc(-c3ccccc3)cc(=O)c2c1O. The molecule has 150 valence electrons. The van der Waals surface area contributed by atoms with Gasteiger partial charge in [0.15, 0.2) is 16.8 Å². The number of carbonyl (C=O) groups excluding carboxylic acids is 1. The molecule has 7 nitrogen and oxygen atoms in total. The summed E-state index contributed by atoms with van der Waals surface area (Å²) in [5.74, 6) is -1.12.